The first-order valence-corrected chi connectivity index (χ1v) is 8.05. The molecule has 0 fully saturated rings. The van der Waals surface area contributed by atoms with Crippen molar-refractivity contribution in [3.8, 4) is 5.75 Å². The van der Waals surface area contributed by atoms with E-state index in [0.717, 1.165) is 28.0 Å². The molecule has 0 spiro atoms. The molecule has 2 rings (SSSR count). The summed E-state index contributed by atoms with van der Waals surface area (Å²) in [6.07, 6.45) is 2.00. The number of nitrogens with zero attached hydrogens (tertiary/aromatic N) is 1. The maximum Gasteiger partial charge on any atom is 0.244 e. The van der Waals surface area contributed by atoms with E-state index in [9.17, 15) is 4.79 Å². The number of hydrazone groups is 1. The number of aryl methyl sites for hydroxylation is 1. The Morgan fingerprint density at radius 2 is 1.96 bits per heavy atom. The Labute approximate surface area is 143 Å². The number of methoxy groups -OCH3 is 1. The zero-order chi connectivity index (χ0) is 17.5. The van der Waals surface area contributed by atoms with Crippen molar-refractivity contribution in [1.29, 1.82) is 0 Å². The number of hydrogen-bond donors (Lipinski definition) is 1. The van der Waals surface area contributed by atoms with Gasteiger partial charge in [0.25, 0.3) is 0 Å². The van der Waals surface area contributed by atoms with Crippen molar-refractivity contribution in [3.05, 3.63) is 64.7 Å². The molecular formula is C20H24N2O2. The van der Waals surface area contributed by atoms with Crippen LogP contribution in [-0.4, -0.2) is 19.2 Å². The molecule has 0 aliphatic heterocycles. The number of hydrogen-bond acceptors (Lipinski definition) is 3. The molecule has 0 saturated heterocycles. The number of rotatable bonds is 6. The van der Waals surface area contributed by atoms with E-state index in [0.29, 0.717) is 12.3 Å². The van der Waals surface area contributed by atoms with Crippen molar-refractivity contribution in [2.24, 2.45) is 5.10 Å². The van der Waals surface area contributed by atoms with Gasteiger partial charge in [0, 0.05) is 0 Å². The van der Waals surface area contributed by atoms with Gasteiger partial charge in [-0.3, -0.25) is 4.79 Å². The molecule has 0 aliphatic carbocycles. The monoisotopic (exact) mass is 324 g/mol. The zero-order valence-corrected chi connectivity index (χ0v) is 14.7. The predicted molar refractivity (Wildman–Crippen MR) is 97.7 cm³/mol. The van der Waals surface area contributed by atoms with Crippen LogP contribution in [0.5, 0.6) is 5.75 Å². The van der Waals surface area contributed by atoms with Crippen molar-refractivity contribution in [3.63, 3.8) is 0 Å². The third kappa shape index (κ3) is 4.69. The second-order valence-electron chi connectivity index (χ2n) is 6.06. The highest BCUT2D eigenvalue weighted by Gasteiger charge is 2.10. The molecule has 2 aromatic carbocycles. The van der Waals surface area contributed by atoms with E-state index in [2.05, 4.69) is 30.4 Å². The number of nitrogens with one attached hydrogen (secondary N) is 1. The van der Waals surface area contributed by atoms with E-state index in [4.69, 9.17) is 4.74 Å². The second-order valence-corrected chi connectivity index (χ2v) is 6.06. The maximum absolute atomic E-state index is 11.9. The van der Waals surface area contributed by atoms with E-state index in [1.807, 2.05) is 43.3 Å². The third-order valence-corrected chi connectivity index (χ3v) is 3.84. The highest BCUT2D eigenvalue weighted by molar-refractivity contribution is 5.85. The van der Waals surface area contributed by atoms with Gasteiger partial charge in [0.05, 0.1) is 19.7 Å². The molecule has 2 aromatic rings. The summed E-state index contributed by atoms with van der Waals surface area (Å²) in [7, 11) is 1.68. The van der Waals surface area contributed by atoms with E-state index >= 15 is 0 Å². The van der Waals surface area contributed by atoms with E-state index in [1.165, 1.54) is 0 Å². The standard InChI is InChI=1S/C20H24N2O2/c1-14(2)18-12-17(15(3)10-19(18)24-4)13-21-22-20(23)11-16-8-6-5-7-9-16/h5-10,12-14H,11H2,1-4H3,(H,22,23)/b21-13+. The van der Waals surface area contributed by atoms with Crippen molar-refractivity contribution >= 4 is 12.1 Å². The number of amides is 1. The summed E-state index contributed by atoms with van der Waals surface area (Å²) in [6.45, 7) is 6.24. The molecule has 0 bridgehead atoms. The zero-order valence-electron chi connectivity index (χ0n) is 14.7. The Bertz CT molecular complexity index is 722. The Morgan fingerprint density at radius 3 is 2.58 bits per heavy atom. The molecule has 126 valence electrons. The van der Waals surface area contributed by atoms with Gasteiger partial charge in [0.1, 0.15) is 5.75 Å². The number of carbonyl (C=O) groups is 1. The summed E-state index contributed by atoms with van der Waals surface area (Å²) in [5.74, 6) is 1.10. The first-order valence-electron chi connectivity index (χ1n) is 8.05. The molecule has 0 heterocycles. The third-order valence-electron chi connectivity index (χ3n) is 3.84. The summed E-state index contributed by atoms with van der Waals surface area (Å²) in [5.41, 5.74) is 6.70. The minimum absolute atomic E-state index is 0.132. The summed E-state index contributed by atoms with van der Waals surface area (Å²) in [5, 5.41) is 4.09. The Hall–Kier alpha value is -2.62. The SMILES string of the molecule is COc1cc(C)c(/C=N/NC(=O)Cc2ccccc2)cc1C(C)C. The van der Waals surface area contributed by atoms with Gasteiger partial charge in [-0.25, -0.2) is 5.43 Å². The normalized spacial score (nSPS) is 11.0. The summed E-state index contributed by atoms with van der Waals surface area (Å²) in [4.78, 5) is 11.9. The van der Waals surface area contributed by atoms with Gasteiger partial charge in [-0.2, -0.15) is 5.10 Å². The smallest absolute Gasteiger partial charge is 0.244 e. The molecular weight excluding hydrogens is 300 g/mol. The molecule has 0 radical (unpaired) electrons. The topological polar surface area (TPSA) is 50.7 Å². The van der Waals surface area contributed by atoms with Crippen molar-refractivity contribution in [1.82, 2.24) is 5.43 Å². The van der Waals surface area contributed by atoms with E-state index in [-0.39, 0.29) is 5.91 Å². The largest absolute Gasteiger partial charge is 0.496 e. The van der Waals surface area contributed by atoms with Gasteiger partial charge in [0.15, 0.2) is 0 Å². The fourth-order valence-electron chi connectivity index (χ4n) is 2.48. The Kier molecular flexibility index (Phi) is 6.13. The molecule has 0 saturated carbocycles. The van der Waals surface area contributed by atoms with E-state index < -0.39 is 0 Å². The molecule has 0 aliphatic rings. The molecule has 24 heavy (non-hydrogen) atoms. The van der Waals surface area contributed by atoms with Gasteiger partial charge < -0.3 is 4.74 Å². The van der Waals surface area contributed by atoms with Crippen molar-refractivity contribution < 1.29 is 9.53 Å². The average molecular weight is 324 g/mol. The summed E-state index contributed by atoms with van der Waals surface area (Å²) in [6, 6.07) is 13.7. The Balaban J connectivity index is 2.06. The van der Waals surface area contributed by atoms with Crippen LogP contribution in [0.1, 0.15) is 42.0 Å². The van der Waals surface area contributed by atoms with Gasteiger partial charge in [-0.15, -0.1) is 0 Å². The molecule has 1 amide bonds. The van der Waals surface area contributed by atoms with Crippen LogP contribution in [0.15, 0.2) is 47.6 Å². The van der Waals surface area contributed by atoms with Gasteiger partial charge in [0.2, 0.25) is 5.91 Å². The fourth-order valence-corrected chi connectivity index (χ4v) is 2.48. The van der Waals surface area contributed by atoms with Gasteiger partial charge in [-0.1, -0.05) is 44.2 Å². The minimum atomic E-state index is -0.132. The number of ether oxygens (including phenoxy) is 1. The Morgan fingerprint density at radius 1 is 1.25 bits per heavy atom. The lowest BCUT2D eigenvalue weighted by Gasteiger charge is -2.14. The highest BCUT2D eigenvalue weighted by Crippen LogP contribution is 2.28. The number of carbonyl (C=O) groups excluding carboxylic acids is 1. The molecule has 0 aromatic heterocycles. The van der Waals surface area contributed by atoms with Gasteiger partial charge in [-0.05, 0) is 47.2 Å². The molecule has 1 N–H and O–H groups in total. The summed E-state index contributed by atoms with van der Waals surface area (Å²) >= 11 is 0. The van der Waals surface area contributed by atoms with Crippen molar-refractivity contribution in [2.45, 2.75) is 33.1 Å². The lowest BCUT2D eigenvalue weighted by Crippen LogP contribution is -2.19. The molecule has 4 nitrogen and oxygen atoms in total. The maximum atomic E-state index is 11.9. The van der Waals surface area contributed by atoms with E-state index in [1.54, 1.807) is 13.3 Å². The lowest BCUT2D eigenvalue weighted by molar-refractivity contribution is -0.120. The molecule has 0 unspecified atom stereocenters. The van der Waals surface area contributed by atoms with Crippen LogP contribution >= 0.6 is 0 Å². The van der Waals surface area contributed by atoms with Crippen LogP contribution < -0.4 is 10.2 Å². The van der Waals surface area contributed by atoms with Crippen LogP contribution in [0.4, 0.5) is 0 Å². The van der Waals surface area contributed by atoms with Crippen molar-refractivity contribution in [2.75, 3.05) is 7.11 Å². The minimum Gasteiger partial charge on any atom is -0.496 e. The first kappa shape index (κ1) is 17.7. The first-order chi connectivity index (χ1) is 11.5. The fraction of sp³-hybridized carbons (Fsp3) is 0.300. The lowest BCUT2D eigenvalue weighted by atomic mass is 9.97. The van der Waals surface area contributed by atoms with Gasteiger partial charge >= 0.3 is 0 Å². The second kappa shape index (κ2) is 8.29. The number of benzene rings is 2. The molecule has 0 atom stereocenters. The van der Waals surface area contributed by atoms with Crippen LogP contribution in [0, 0.1) is 6.92 Å². The van der Waals surface area contributed by atoms with Crippen LogP contribution in [0.25, 0.3) is 0 Å². The highest BCUT2D eigenvalue weighted by atomic mass is 16.5. The molecule has 4 heteroatoms. The van der Waals surface area contributed by atoms with Crippen LogP contribution in [-0.2, 0) is 11.2 Å². The predicted octanol–water partition coefficient (Wildman–Crippen LogP) is 3.82. The van der Waals surface area contributed by atoms with Crippen LogP contribution in [0.3, 0.4) is 0 Å². The summed E-state index contributed by atoms with van der Waals surface area (Å²) < 4.78 is 5.44. The van der Waals surface area contributed by atoms with Crippen LogP contribution in [0.2, 0.25) is 0 Å². The quantitative estimate of drug-likeness (QED) is 0.649. The average Bonchev–Trinajstić information content (AvgIpc) is 2.56.